The summed E-state index contributed by atoms with van der Waals surface area (Å²) in [6.07, 6.45) is -11.5. The van der Waals surface area contributed by atoms with E-state index in [1.807, 2.05) is 0 Å². The predicted octanol–water partition coefficient (Wildman–Crippen LogP) is 3.16. The molecule has 0 fully saturated rings. The van der Waals surface area contributed by atoms with Gasteiger partial charge in [-0.2, -0.15) is 26.3 Å². The maximum atomic E-state index is 12.4. The van der Waals surface area contributed by atoms with E-state index in [2.05, 4.69) is 20.9 Å². The van der Waals surface area contributed by atoms with Crippen LogP contribution in [0.3, 0.4) is 0 Å². The van der Waals surface area contributed by atoms with E-state index in [9.17, 15) is 26.3 Å². The quantitative estimate of drug-likeness (QED) is 0.636. The average Bonchev–Trinajstić information content (AvgIpc) is 2.14. The van der Waals surface area contributed by atoms with Gasteiger partial charge in [0.1, 0.15) is 4.60 Å². The molecule has 96 valence electrons. The van der Waals surface area contributed by atoms with Gasteiger partial charge in [0.25, 0.3) is 5.60 Å². The summed E-state index contributed by atoms with van der Waals surface area (Å²) in [5.74, 6) is 0. The normalized spacial score (nSPS) is 13.9. The van der Waals surface area contributed by atoms with Crippen molar-refractivity contribution in [1.29, 1.82) is 0 Å². The van der Waals surface area contributed by atoms with Gasteiger partial charge in [-0.05, 0) is 22.0 Å². The molecule has 1 heterocycles. The molecular weight excluding hydrogens is 320 g/mol. The summed E-state index contributed by atoms with van der Waals surface area (Å²) in [5, 5.41) is 8.94. The van der Waals surface area contributed by atoms with Gasteiger partial charge < -0.3 is 5.11 Å². The Morgan fingerprint density at radius 1 is 1.00 bits per heavy atom. The Bertz CT molecular complexity index is 384. The predicted molar refractivity (Wildman–Crippen MR) is 47.9 cm³/mol. The molecule has 1 aromatic heterocycles. The van der Waals surface area contributed by atoms with Gasteiger partial charge in [0, 0.05) is 11.8 Å². The summed E-state index contributed by atoms with van der Waals surface area (Å²) < 4.78 is 74.3. The molecule has 0 saturated carbocycles. The smallest absolute Gasteiger partial charge is 0.369 e. The molecule has 0 aliphatic rings. The first-order valence-electron chi connectivity index (χ1n) is 3.98. The minimum Gasteiger partial charge on any atom is -0.369 e. The molecule has 0 amide bonds. The lowest BCUT2D eigenvalue weighted by Crippen LogP contribution is -2.53. The maximum Gasteiger partial charge on any atom is 0.430 e. The van der Waals surface area contributed by atoms with Crippen LogP contribution < -0.4 is 0 Å². The number of alkyl halides is 6. The van der Waals surface area contributed by atoms with E-state index in [0.29, 0.717) is 12.3 Å². The van der Waals surface area contributed by atoms with Crippen LogP contribution in [0.25, 0.3) is 0 Å². The van der Waals surface area contributed by atoms with Crippen LogP contribution in [0.1, 0.15) is 5.56 Å². The Morgan fingerprint density at radius 2 is 1.47 bits per heavy atom. The molecule has 0 spiro atoms. The van der Waals surface area contributed by atoms with Crippen LogP contribution in [-0.4, -0.2) is 22.4 Å². The molecule has 0 radical (unpaired) electrons. The second kappa shape index (κ2) is 4.13. The lowest BCUT2D eigenvalue weighted by atomic mass is 9.94. The van der Waals surface area contributed by atoms with Crippen LogP contribution in [0, 0.1) is 0 Å². The van der Waals surface area contributed by atoms with Gasteiger partial charge in [-0.1, -0.05) is 6.07 Å². The second-order valence-electron chi connectivity index (χ2n) is 3.08. The monoisotopic (exact) mass is 323 g/mol. The van der Waals surface area contributed by atoms with Gasteiger partial charge in [0.05, 0.1) is 0 Å². The molecule has 1 N–H and O–H groups in total. The zero-order valence-electron chi connectivity index (χ0n) is 7.77. The summed E-state index contributed by atoms with van der Waals surface area (Å²) in [7, 11) is 0. The number of pyridine rings is 1. The Labute approximate surface area is 99.4 Å². The highest BCUT2D eigenvalue weighted by molar-refractivity contribution is 9.10. The molecule has 0 aliphatic carbocycles. The Kier molecular flexibility index (Phi) is 3.45. The van der Waals surface area contributed by atoms with E-state index in [1.165, 1.54) is 0 Å². The second-order valence-corrected chi connectivity index (χ2v) is 3.89. The molecule has 1 aromatic rings. The fourth-order valence-corrected chi connectivity index (χ4v) is 1.31. The standard InChI is InChI=1S/C8H4BrF6NO/c9-5-2-1-4(3-16-5)6(17,7(10,11)12)8(13,14)15/h1-3,17H. The number of hydrogen-bond donors (Lipinski definition) is 1. The summed E-state index contributed by atoms with van der Waals surface area (Å²) in [4.78, 5) is 3.23. The molecule has 9 heteroatoms. The van der Waals surface area contributed by atoms with Crippen molar-refractivity contribution in [3.63, 3.8) is 0 Å². The van der Waals surface area contributed by atoms with Crippen LogP contribution in [0.4, 0.5) is 26.3 Å². The largest absolute Gasteiger partial charge is 0.430 e. The number of nitrogens with zero attached hydrogens (tertiary/aromatic N) is 1. The van der Waals surface area contributed by atoms with E-state index in [-0.39, 0.29) is 4.60 Å². The van der Waals surface area contributed by atoms with Crippen molar-refractivity contribution >= 4 is 15.9 Å². The first-order valence-corrected chi connectivity index (χ1v) is 4.77. The number of halogens is 7. The molecule has 0 aromatic carbocycles. The highest BCUT2D eigenvalue weighted by atomic mass is 79.9. The van der Waals surface area contributed by atoms with Crippen molar-refractivity contribution in [1.82, 2.24) is 4.98 Å². The third kappa shape index (κ3) is 2.39. The molecule has 1 rings (SSSR count). The zero-order valence-corrected chi connectivity index (χ0v) is 9.36. The van der Waals surface area contributed by atoms with Gasteiger partial charge in [-0.15, -0.1) is 0 Å². The minimum atomic E-state index is -5.89. The third-order valence-electron chi connectivity index (χ3n) is 1.97. The van der Waals surface area contributed by atoms with Crippen LogP contribution >= 0.6 is 15.9 Å². The Hall–Kier alpha value is -0.830. The first kappa shape index (κ1) is 14.2. The summed E-state index contributed by atoms with van der Waals surface area (Å²) in [5.41, 5.74) is -6.31. The van der Waals surface area contributed by atoms with Crippen LogP contribution in [0.15, 0.2) is 22.9 Å². The van der Waals surface area contributed by atoms with Crippen molar-refractivity contribution in [2.45, 2.75) is 18.0 Å². The molecule has 0 atom stereocenters. The van der Waals surface area contributed by atoms with Gasteiger partial charge in [0.15, 0.2) is 0 Å². The lowest BCUT2D eigenvalue weighted by molar-refractivity contribution is -0.376. The highest BCUT2D eigenvalue weighted by Crippen LogP contribution is 2.49. The van der Waals surface area contributed by atoms with Crippen molar-refractivity contribution in [2.75, 3.05) is 0 Å². The SMILES string of the molecule is OC(c1ccc(Br)nc1)(C(F)(F)F)C(F)(F)F. The summed E-state index contributed by atoms with van der Waals surface area (Å²) in [6.45, 7) is 0. The number of aromatic nitrogens is 1. The van der Waals surface area contributed by atoms with E-state index in [4.69, 9.17) is 5.11 Å². The van der Waals surface area contributed by atoms with Crippen LogP contribution in [0.2, 0.25) is 0 Å². The lowest BCUT2D eigenvalue weighted by Gasteiger charge is -2.32. The van der Waals surface area contributed by atoms with Gasteiger partial charge >= 0.3 is 12.4 Å². The summed E-state index contributed by atoms with van der Waals surface area (Å²) in [6, 6.07) is 1.37. The van der Waals surface area contributed by atoms with E-state index < -0.39 is 23.5 Å². The Morgan fingerprint density at radius 3 is 1.76 bits per heavy atom. The fourth-order valence-electron chi connectivity index (χ4n) is 1.08. The van der Waals surface area contributed by atoms with Gasteiger partial charge in [0.2, 0.25) is 0 Å². The maximum absolute atomic E-state index is 12.4. The van der Waals surface area contributed by atoms with E-state index >= 15 is 0 Å². The van der Waals surface area contributed by atoms with Gasteiger partial charge in [-0.25, -0.2) is 4.98 Å². The minimum absolute atomic E-state index is 0.0490. The zero-order chi connectivity index (χ0) is 13.5. The van der Waals surface area contributed by atoms with Crippen molar-refractivity contribution in [3.8, 4) is 0 Å². The molecule has 0 unspecified atom stereocenters. The highest BCUT2D eigenvalue weighted by Gasteiger charge is 2.71. The molecule has 0 aliphatic heterocycles. The van der Waals surface area contributed by atoms with Crippen molar-refractivity contribution in [2.24, 2.45) is 0 Å². The summed E-state index contributed by atoms with van der Waals surface area (Å²) >= 11 is 2.76. The van der Waals surface area contributed by atoms with E-state index in [0.717, 1.165) is 6.07 Å². The number of rotatable bonds is 1. The Balaban J connectivity index is 3.41. The fraction of sp³-hybridized carbons (Fsp3) is 0.375. The molecule has 2 nitrogen and oxygen atoms in total. The first-order chi connectivity index (χ1) is 7.50. The van der Waals surface area contributed by atoms with Crippen LogP contribution in [0.5, 0.6) is 0 Å². The van der Waals surface area contributed by atoms with Crippen LogP contribution in [-0.2, 0) is 5.60 Å². The molecule has 0 bridgehead atoms. The van der Waals surface area contributed by atoms with Gasteiger partial charge in [-0.3, -0.25) is 0 Å². The topological polar surface area (TPSA) is 33.1 Å². The molecule has 17 heavy (non-hydrogen) atoms. The average molecular weight is 324 g/mol. The number of aliphatic hydroxyl groups is 1. The molecular formula is C8H4BrF6NO. The van der Waals surface area contributed by atoms with Crippen molar-refractivity contribution < 1.29 is 31.4 Å². The van der Waals surface area contributed by atoms with Crippen molar-refractivity contribution in [3.05, 3.63) is 28.5 Å². The van der Waals surface area contributed by atoms with E-state index in [1.54, 1.807) is 0 Å². The number of hydrogen-bond acceptors (Lipinski definition) is 2. The molecule has 0 saturated heterocycles. The third-order valence-corrected chi connectivity index (χ3v) is 2.43.